The molecule has 18 heavy (non-hydrogen) atoms. The predicted octanol–water partition coefficient (Wildman–Crippen LogP) is 3.19. The van der Waals surface area contributed by atoms with Gasteiger partial charge in [-0.3, -0.25) is 4.68 Å². The zero-order valence-corrected chi connectivity index (χ0v) is 11.9. The van der Waals surface area contributed by atoms with Crippen molar-refractivity contribution in [2.24, 2.45) is 7.05 Å². The highest BCUT2D eigenvalue weighted by Gasteiger charge is 2.15. The van der Waals surface area contributed by atoms with Gasteiger partial charge in [-0.1, -0.05) is 13.3 Å². The number of thiophene rings is 1. The number of aromatic nitrogens is 2. The summed E-state index contributed by atoms with van der Waals surface area (Å²) in [5.41, 5.74) is 9.19. The summed E-state index contributed by atoms with van der Waals surface area (Å²) in [7, 11) is 1.93. The maximum absolute atomic E-state index is 6.15. The molecular weight excluding hydrogens is 244 g/mol. The highest BCUT2D eigenvalue weighted by atomic mass is 32.1. The van der Waals surface area contributed by atoms with Crippen LogP contribution in [0.15, 0.2) is 16.8 Å². The summed E-state index contributed by atoms with van der Waals surface area (Å²) < 4.78 is 1.84. The van der Waals surface area contributed by atoms with E-state index in [2.05, 4.69) is 41.1 Å². The van der Waals surface area contributed by atoms with E-state index in [0.29, 0.717) is 0 Å². The van der Waals surface area contributed by atoms with Crippen molar-refractivity contribution in [1.82, 2.24) is 9.78 Å². The lowest BCUT2D eigenvalue weighted by molar-refractivity contribution is 0.725. The number of hydrogen-bond donors (Lipinski definition) is 2. The number of nitrogens with two attached hydrogens (primary N) is 1. The van der Waals surface area contributed by atoms with Crippen molar-refractivity contribution in [3.63, 3.8) is 0 Å². The van der Waals surface area contributed by atoms with E-state index in [1.165, 1.54) is 5.56 Å². The van der Waals surface area contributed by atoms with Crippen LogP contribution < -0.4 is 11.1 Å². The van der Waals surface area contributed by atoms with Crippen LogP contribution in [0.3, 0.4) is 0 Å². The van der Waals surface area contributed by atoms with Crippen molar-refractivity contribution in [2.45, 2.75) is 32.7 Å². The summed E-state index contributed by atoms with van der Waals surface area (Å²) in [5.74, 6) is 0.914. The molecule has 0 aliphatic carbocycles. The van der Waals surface area contributed by atoms with Crippen molar-refractivity contribution >= 4 is 22.8 Å². The molecule has 0 amide bonds. The van der Waals surface area contributed by atoms with Gasteiger partial charge in [0.1, 0.15) is 5.82 Å². The first-order valence-corrected chi connectivity index (χ1v) is 7.17. The Morgan fingerprint density at radius 1 is 1.56 bits per heavy atom. The van der Waals surface area contributed by atoms with Gasteiger partial charge in [0.2, 0.25) is 0 Å². The van der Waals surface area contributed by atoms with E-state index in [4.69, 9.17) is 5.73 Å². The molecule has 0 saturated heterocycles. The molecule has 0 aliphatic rings. The summed E-state index contributed by atoms with van der Waals surface area (Å²) in [6, 6.07) is 2.37. The van der Waals surface area contributed by atoms with Crippen LogP contribution in [0.5, 0.6) is 0 Å². The average Bonchev–Trinajstić information content (AvgIpc) is 2.94. The fourth-order valence-electron chi connectivity index (χ4n) is 2.00. The molecule has 2 heterocycles. The lowest BCUT2D eigenvalue weighted by atomic mass is 10.2. The number of nitrogen functional groups attached to an aromatic ring is 1. The van der Waals surface area contributed by atoms with Gasteiger partial charge in [0.05, 0.1) is 17.4 Å². The van der Waals surface area contributed by atoms with Crippen molar-refractivity contribution in [3.05, 3.63) is 28.1 Å². The van der Waals surface area contributed by atoms with Crippen molar-refractivity contribution in [1.29, 1.82) is 0 Å². The van der Waals surface area contributed by atoms with Gasteiger partial charge in [0, 0.05) is 7.05 Å². The normalized spacial score (nSPS) is 12.6. The number of hydrogen-bond acceptors (Lipinski definition) is 4. The molecular formula is C13H20N4S. The minimum atomic E-state index is 0.239. The van der Waals surface area contributed by atoms with Crippen LogP contribution in [0.1, 0.15) is 37.6 Å². The Hall–Kier alpha value is -1.49. The predicted molar refractivity (Wildman–Crippen MR) is 78.0 cm³/mol. The lowest BCUT2D eigenvalue weighted by Gasteiger charge is -2.14. The molecule has 0 aromatic carbocycles. The smallest absolute Gasteiger partial charge is 0.148 e. The van der Waals surface area contributed by atoms with E-state index in [1.807, 2.05) is 11.7 Å². The third kappa shape index (κ3) is 2.51. The van der Waals surface area contributed by atoms with Gasteiger partial charge in [-0.2, -0.15) is 16.4 Å². The van der Waals surface area contributed by atoms with Crippen molar-refractivity contribution < 1.29 is 0 Å². The molecule has 5 heteroatoms. The third-order valence-corrected chi connectivity index (χ3v) is 3.75. The lowest BCUT2D eigenvalue weighted by Crippen LogP contribution is -2.10. The minimum Gasteiger partial charge on any atom is -0.394 e. The molecule has 98 valence electrons. The number of aryl methyl sites for hydroxylation is 2. The second-order valence-corrected chi connectivity index (χ2v) is 5.29. The SMILES string of the molecule is CCCc1nn(C)c(NC(C)c2ccsc2)c1N. The van der Waals surface area contributed by atoms with Crippen molar-refractivity contribution in [3.8, 4) is 0 Å². The fourth-order valence-corrected chi connectivity index (χ4v) is 2.75. The Kier molecular flexibility index (Phi) is 3.91. The van der Waals surface area contributed by atoms with Crippen molar-refractivity contribution in [2.75, 3.05) is 11.1 Å². The molecule has 0 spiro atoms. The first-order valence-electron chi connectivity index (χ1n) is 6.23. The van der Waals surface area contributed by atoms with Crippen LogP contribution in [0.4, 0.5) is 11.5 Å². The highest BCUT2D eigenvalue weighted by Crippen LogP contribution is 2.27. The molecule has 0 bridgehead atoms. The van der Waals surface area contributed by atoms with E-state index >= 15 is 0 Å². The van der Waals surface area contributed by atoms with Gasteiger partial charge in [-0.05, 0) is 35.7 Å². The Balaban J connectivity index is 2.18. The Bertz CT molecular complexity index is 501. The molecule has 2 aromatic heterocycles. The summed E-state index contributed by atoms with van der Waals surface area (Å²) in [4.78, 5) is 0. The minimum absolute atomic E-state index is 0.239. The van der Waals surface area contributed by atoms with Gasteiger partial charge in [-0.15, -0.1) is 0 Å². The largest absolute Gasteiger partial charge is 0.394 e. The third-order valence-electron chi connectivity index (χ3n) is 3.04. The fraction of sp³-hybridized carbons (Fsp3) is 0.462. The number of nitrogens with one attached hydrogen (secondary N) is 1. The number of anilines is 2. The van der Waals surface area contributed by atoms with E-state index in [0.717, 1.165) is 30.0 Å². The molecule has 0 aliphatic heterocycles. The standard InChI is InChI=1S/C13H20N4S/c1-4-5-11-12(14)13(17(3)16-11)15-9(2)10-6-7-18-8-10/h6-9,15H,4-5,14H2,1-3H3. The molecule has 3 N–H and O–H groups in total. The average molecular weight is 264 g/mol. The van der Waals surface area contributed by atoms with Crippen LogP contribution >= 0.6 is 11.3 Å². The first kappa shape index (κ1) is 13.0. The van der Waals surface area contributed by atoms with Gasteiger partial charge >= 0.3 is 0 Å². The van der Waals surface area contributed by atoms with Crippen LogP contribution in [-0.2, 0) is 13.5 Å². The van der Waals surface area contributed by atoms with Gasteiger partial charge in [0.15, 0.2) is 0 Å². The molecule has 1 unspecified atom stereocenters. The molecule has 1 atom stereocenters. The highest BCUT2D eigenvalue weighted by molar-refractivity contribution is 7.07. The van der Waals surface area contributed by atoms with Gasteiger partial charge in [-0.25, -0.2) is 0 Å². The van der Waals surface area contributed by atoms with E-state index in [-0.39, 0.29) is 6.04 Å². The number of nitrogens with zero attached hydrogens (tertiary/aromatic N) is 2. The van der Waals surface area contributed by atoms with Crippen LogP contribution in [0.25, 0.3) is 0 Å². The molecule has 2 rings (SSSR count). The quantitative estimate of drug-likeness (QED) is 0.872. The second-order valence-electron chi connectivity index (χ2n) is 4.51. The monoisotopic (exact) mass is 264 g/mol. The topological polar surface area (TPSA) is 55.9 Å². The summed E-state index contributed by atoms with van der Waals surface area (Å²) in [5, 5.41) is 12.1. The zero-order chi connectivity index (χ0) is 13.1. The van der Waals surface area contributed by atoms with Crippen LogP contribution in [0, 0.1) is 0 Å². The van der Waals surface area contributed by atoms with Crippen LogP contribution in [0.2, 0.25) is 0 Å². The zero-order valence-electron chi connectivity index (χ0n) is 11.1. The summed E-state index contributed by atoms with van der Waals surface area (Å²) >= 11 is 1.71. The maximum atomic E-state index is 6.15. The molecule has 0 saturated carbocycles. The van der Waals surface area contributed by atoms with Gasteiger partial charge in [0.25, 0.3) is 0 Å². The summed E-state index contributed by atoms with van der Waals surface area (Å²) in [6.07, 6.45) is 1.98. The number of rotatable bonds is 5. The van der Waals surface area contributed by atoms with Crippen LogP contribution in [-0.4, -0.2) is 9.78 Å². The van der Waals surface area contributed by atoms with E-state index < -0.39 is 0 Å². The molecule has 4 nitrogen and oxygen atoms in total. The summed E-state index contributed by atoms with van der Waals surface area (Å²) in [6.45, 7) is 4.27. The molecule has 0 radical (unpaired) electrons. The Morgan fingerprint density at radius 2 is 2.33 bits per heavy atom. The molecule has 0 fully saturated rings. The molecule has 2 aromatic rings. The first-order chi connectivity index (χ1) is 8.63. The van der Waals surface area contributed by atoms with E-state index in [1.54, 1.807) is 11.3 Å². The van der Waals surface area contributed by atoms with Gasteiger partial charge < -0.3 is 11.1 Å². The van der Waals surface area contributed by atoms with E-state index in [9.17, 15) is 0 Å². The second kappa shape index (κ2) is 5.44. The Labute approximate surface area is 112 Å². The maximum Gasteiger partial charge on any atom is 0.148 e. The Morgan fingerprint density at radius 3 is 2.94 bits per heavy atom.